The van der Waals surface area contributed by atoms with Gasteiger partial charge in [0.05, 0.1) is 19.3 Å². The maximum absolute atomic E-state index is 12.9. The molecule has 1 aromatic heterocycles. The third-order valence-corrected chi connectivity index (χ3v) is 9.26. The molecule has 4 heterocycles. The van der Waals surface area contributed by atoms with E-state index in [2.05, 4.69) is 0 Å². The molecule has 0 radical (unpaired) electrons. The summed E-state index contributed by atoms with van der Waals surface area (Å²) >= 11 is 0. The van der Waals surface area contributed by atoms with Crippen LogP contribution in [0.25, 0.3) is 22.3 Å². The SMILES string of the molecule is C[C@@H]1O[C@@H](OC[C@H]2O[C@@H](Oc3ccc(-c4cc(=O)c5c(O)cc(O)cc5o4)cc3O[C@@H]3O[C@H](CO)[C@@H](O)[C@H](O)[C@H]3O)[C@H](O)[C@@H](O)[C@@H]2O)[C@H](O)[C@H](O)[C@H]1O. The highest BCUT2D eigenvalue weighted by Gasteiger charge is 2.48. The van der Waals surface area contributed by atoms with Crippen molar-refractivity contribution in [2.45, 2.75) is 99.0 Å². The zero-order valence-electron chi connectivity index (χ0n) is 27.7. The highest BCUT2D eigenvalue weighted by Crippen LogP contribution is 2.39. The van der Waals surface area contributed by atoms with Gasteiger partial charge >= 0.3 is 0 Å². The van der Waals surface area contributed by atoms with Crippen molar-refractivity contribution in [2.24, 2.45) is 0 Å². The van der Waals surface area contributed by atoms with Crippen LogP contribution in [0, 0.1) is 0 Å². The minimum absolute atomic E-state index is 0.0955. The van der Waals surface area contributed by atoms with Crippen molar-refractivity contribution in [2.75, 3.05) is 13.2 Å². The van der Waals surface area contributed by atoms with Crippen LogP contribution in [0.2, 0.25) is 0 Å². The minimum Gasteiger partial charge on any atom is -0.508 e. The van der Waals surface area contributed by atoms with Crippen LogP contribution in [0.15, 0.2) is 45.6 Å². The molecule has 20 heteroatoms. The summed E-state index contributed by atoms with van der Waals surface area (Å²) in [5.41, 5.74) is -0.785. The fourth-order valence-electron chi connectivity index (χ4n) is 6.15. The number of hydrogen-bond acceptors (Lipinski definition) is 20. The first-order valence-corrected chi connectivity index (χ1v) is 16.4. The Hall–Kier alpha value is -3.71. The molecule has 53 heavy (non-hydrogen) atoms. The normalized spacial score (nSPS) is 37.8. The second-order valence-electron chi connectivity index (χ2n) is 12.9. The first-order valence-electron chi connectivity index (χ1n) is 16.4. The molecular weight excluding hydrogens is 716 g/mol. The van der Waals surface area contributed by atoms with Gasteiger partial charge in [-0.25, -0.2) is 0 Å². The van der Waals surface area contributed by atoms with Crippen LogP contribution in [0.1, 0.15) is 6.92 Å². The third-order valence-electron chi connectivity index (χ3n) is 9.26. The summed E-state index contributed by atoms with van der Waals surface area (Å²) in [6.07, 6.45) is -24.7. The lowest BCUT2D eigenvalue weighted by Gasteiger charge is -2.42. The molecule has 0 amide bonds. The average molecular weight is 757 g/mol. The summed E-state index contributed by atoms with van der Waals surface area (Å²) in [4.78, 5) is 12.9. The summed E-state index contributed by atoms with van der Waals surface area (Å²) < 4.78 is 39.5. The fraction of sp³-hybridized carbons (Fsp3) is 0.545. The van der Waals surface area contributed by atoms with E-state index < -0.39 is 122 Å². The van der Waals surface area contributed by atoms with Crippen molar-refractivity contribution >= 4 is 11.0 Å². The lowest BCUT2D eigenvalue weighted by molar-refractivity contribution is -0.318. The van der Waals surface area contributed by atoms with E-state index in [9.17, 15) is 66.1 Å². The molecule has 0 unspecified atom stereocenters. The van der Waals surface area contributed by atoms with Crippen LogP contribution >= 0.6 is 0 Å². The van der Waals surface area contributed by atoms with Gasteiger partial charge in [-0.05, 0) is 25.1 Å². The Bertz CT molecular complexity index is 1800. The molecule has 15 atom stereocenters. The summed E-state index contributed by atoms with van der Waals surface area (Å²) in [6.45, 7) is 0.0369. The Morgan fingerprint density at radius 3 is 1.89 bits per heavy atom. The van der Waals surface area contributed by atoms with E-state index in [1.165, 1.54) is 25.1 Å². The Balaban J connectivity index is 1.30. The van der Waals surface area contributed by atoms with Crippen LogP contribution in [0.3, 0.4) is 0 Å². The monoisotopic (exact) mass is 756 g/mol. The topological polar surface area (TPSA) is 328 Å². The minimum atomic E-state index is -1.92. The molecule has 3 saturated heterocycles. The molecule has 3 aliphatic rings. The van der Waals surface area contributed by atoms with Crippen molar-refractivity contribution in [1.29, 1.82) is 0 Å². The van der Waals surface area contributed by atoms with Gasteiger partial charge in [0, 0.05) is 23.8 Å². The van der Waals surface area contributed by atoms with Crippen LogP contribution < -0.4 is 14.9 Å². The van der Waals surface area contributed by atoms with Crippen molar-refractivity contribution in [3.63, 3.8) is 0 Å². The molecular formula is C33H40O20. The van der Waals surface area contributed by atoms with Gasteiger partial charge in [-0.3, -0.25) is 4.79 Å². The number of hydrogen-bond donors (Lipinski definition) is 12. The van der Waals surface area contributed by atoms with Gasteiger partial charge in [0.1, 0.15) is 95.4 Å². The smallest absolute Gasteiger partial charge is 0.229 e. The van der Waals surface area contributed by atoms with Gasteiger partial charge in [-0.15, -0.1) is 0 Å². The largest absolute Gasteiger partial charge is 0.508 e. The highest BCUT2D eigenvalue weighted by atomic mass is 16.7. The predicted octanol–water partition coefficient (Wildman–Crippen LogP) is -3.92. The first-order chi connectivity index (χ1) is 25.1. The Kier molecular flexibility index (Phi) is 11.5. The predicted molar refractivity (Wildman–Crippen MR) is 171 cm³/mol. The van der Waals surface area contributed by atoms with Gasteiger partial charge in [-0.2, -0.15) is 0 Å². The van der Waals surface area contributed by atoms with E-state index in [0.717, 1.165) is 18.2 Å². The van der Waals surface area contributed by atoms with Crippen molar-refractivity contribution in [3.8, 4) is 34.3 Å². The maximum Gasteiger partial charge on any atom is 0.229 e. The third kappa shape index (κ3) is 7.65. The number of aliphatic hydroxyl groups is 10. The second-order valence-corrected chi connectivity index (χ2v) is 12.9. The van der Waals surface area contributed by atoms with Crippen LogP contribution in [0.4, 0.5) is 0 Å². The van der Waals surface area contributed by atoms with E-state index >= 15 is 0 Å². The van der Waals surface area contributed by atoms with E-state index in [1.807, 2.05) is 0 Å². The molecule has 0 spiro atoms. The van der Waals surface area contributed by atoms with Gasteiger partial charge < -0.3 is 94.1 Å². The van der Waals surface area contributed by atoms with Crippen molar-refractivity contribution in [1.82, 2.24) is 0 Å². The van der Waals surface area contributed by atoms with Crippen LogP contribution in [-0.4, -0.2) is 167 Å². The van der Waals surface area contributed by atoms with E-state index in [1.54, 1.807) is 0 Å². The number of aliphatic hydroxyl groups excluding tert-OH is 10. The number of benzene rings is 2. The molecule has 20 nitrogen and oxygen atoms in total. The van der Waals surface area contributed by atoms with E-state index in [0.29, 0.717) is 0 Å². The number of rotatable bonds is 9. The molecule has 0 saturated carbocycles. The molecule has 292 valence electrons. The maximum atomic E-state index is 12.9. The zero-order valence-corrected chi connectivity index (χ0v) is 27.7. The molecule has 12 N–H and O–H groups in total. The number of ether oxygens (including phenoxy) is 6. The fourth-order valence-corrected chi connectivity index (χ4v) is 6.15. The zero-order chi connectivity index (χ0) is 38.5. The summed E-state index contributed by atoms with van der Waals surface area (Å²) in [5.74, 6) is -1.71. The van der Waals surface area contributed by atoms with Crippen LogP contribution in [0.5, 0.6) is 23.0 Å². The average Bonchev–Trinajstić information content (AvgIpc) is 3.12. The first kappa shape index (κ1) is 39.0. The quantitative estimate of drug-likeness (QED) is 0.0992. The lowest BCUT2D eigenvalue weighted by Crippen LogP contribution is -2.61. The van der Waals surface area contributed by atoms with Gasteiger partial charge in [0.15, 0.2) is 23.2 Å². The lowest BCUT2D eigenvalue weighted by atomic mass is 9.98. The molecule has 0 aliphatic carbocycles. The molecule has 3 fully saturated rings. The van der Waals surface area contributed by atoms with E-state index in [4.69, 9.17) is 32.8 Å². The van der Waals surface area contributed by atoms with E-state index in [-0.39, 0.29) is 33.8 Å². The standard InChI is InChI=1S/C33H40O20/c1-10-22(38)25(41)28(44)31(48-10)47-9-20-24(40)27(43)30(46)32(53-20)50-15-3-2-11(16-7-14(37)21-13(36)5-12(35)6-18(21)49-16)4-17(15)51-33-29(45)26(42)23(39)19(8-34)52-33/h2-7,10,19-20,22-36,38-46H,8-9H2,1H3/t10-,19+,20+,22-,23+,24+,25+,26-,27-,28+,29+,30+,31+,32+,33+/m0/s1. The number of phenolic OH excluding ortho intramolecular Hbond substituents is 2. The molecule has 0 bridgehead atoms. The molecule has 2 aromatic carbocycles. The Morgan fingerprint density at radius 2 is 1.23 bits per heavy atom. The number of aromatic hydroxyl groups is 2. The van der Waals surface area contributed by atoms with Gasteiger partial charge in [-0.1, -0.05) is 0 Å². The number of phenols is 2. The number of fused-ring (bicyclic) bond motifs is 1. The molecule has 6 rings (SSSR count). The second kappa shape index (κ2) is 15.6. The van der Waals surface area contributed by atoms with Gasteiger partial charge in [0.2, 0.25) is 12.6 Å². The molecule has 3 aromatic rings. The van der Waals surface area contributed by atoms with Crippen LogP contribution in [-0.2, 0) is 18.9 Å². The highest BCUT2D eigenvalue weighted by molar-refractivity contribution is 5.86. The molecule has 3 aliphatic heterocycles. The Labute approximate surface area is 298 Å². The van der Waals surface area contributed by atoms with Gasteiger partial charge in [0.25, 0.3) is 0 Å². The summed E-state index contributed by atoms with van der Waals surface area (Å²) in [7, 11) is 0. The van der Waals surface area contributed by atoms with Crippen molar-refractivity contribution < 1.29 is 94.1 Å². The summed E-state index contributed by atoms with van der Waals surface area (Å²) in [5, 5.41) is 123. The van der Waals surface area contributed by atoms with Crippen molar-refractivity contribution in [3.05, 3.63) is 46.6 Å². The summed E-state index contributed by atoms with van der Waals surface area (Å²) in [6, 6.07) is 6.83. The Morgan fingerprint density at radius 1 is 0.642 bits per heavy atom.